The van der Waals surface area contributed by atoms with Crippen LogP contribution in [0.5, 0.6) is 0 Å². The van der Waals surface area contributed by atoms with Crippen molar-refractivity contribution >= 4 is 22.1 Å². The highest BCUT2D eigenvalue weighted by Gasteiger charge is 2.14. The van der Waals surface area contributed by atoms with Gasteiger partial charge in [0.15, 0.2) is 0 Å². The van der Waals surface area contributed by atoms with E-state index in [9.17, 15) is 0 Å². The molecule has 2 N–H and O–H groups in total. The van der Waals surface area contributed by atoms with Gasteiger partial charge in [-0.3, -0.25) is 0 Å². The lowest BCUT2D eigenvalue weighted by molar-refractivity contribution is 0.463. The summed E-state index contributed by atoms with van der Waals surface area (Å²) in [7, 11) is 0. The first kappa shape index (κ1) is 17.0. The molecule has 1 aliphatic carbocycles. The molecule has 3 aromatic carbocycles. The molecule has 2 heteroatoms. The number of nitrogens with one attached hydrogen (secondary N) is 2. The zero-order chi connectivity index (χ0) is 17.8. The van der Waals surface area contributed by atoms with Gasteiger partial charge in [-0.25, -0.2) is 0 Å². The third-order valence-corrected chi connectivity index (χ3v) is 5.44. The third-order valence-electron chi connectivity index (χ3n) is 5.44. The summed E-state index contributed by atoms with van der Waals surface area (Å²) in [4.78, 5) is 0. The Morgan fingerprint density at radius 1 is 0.808 bits per heavy atom. The molecular weight excluding hydrogens is 316 g/mol. The maximum Gasteiger partial charge on any atom is 0.0581 e. The van der Waals surface area contributed by atoms with Crippen LogP contribution in [-0.4, -0.2) is 6.04 Å². The Balaban J connectivity index is 1.49. The lowest BCUT2D eigenvalue weighted by Crippen LogP contribution is -2.22. The molecule has 0 heterocycles. The smallest absolute Gasteiger partial charge is 0.0581 e. The fraction of sp³-hybridized carbons (Fsp3) is 0.333. The molecule has 26 heavy (non-hydrogen) atoms. The van der Waals surface area contributed by atoms with Gasteiger partial charge < -0.3 is 10.6 Å². The van der Waals surface area contributed by atoms with Gasteiger partial charge in [0.25, 0.3) is 0 Å². The average molecular weight is 345 g/mol. The maximum atomic E-state index is 3.78. The van der Waals surface area contributed by atoms with Gasteiger partial charge in [0.2, 0.25) is 0 Å². The van der Waals surface area contributed by atoms with Gasteiger partial charge in [-0.2, -0.15) is 0 Å². The molecule has 0 amide bonds. The van der Waals surface area contributed by atoms with Crippen molar-refractivity contribution in [2.45, 2.75) is 51.6 Å². The van der Waals surface area contributed by atoms with Crippen LogP contribution in [0.2, 0.25) is 0 Å². The number of hydrogen-bond acceptors (Lipinski definition) is 2. The van der Waals surface area contributed by atoms with E-state index < -0.39 is 0 Å². The Labute approximate surface area is 156 Å². The van der Waals surface area contributed by atoms with Crippen molar-refractivity contribution < 1.29 is 0 Å². The summed E-state index contributed by atoms with van der Waals surface area (Å²) in [5.74, 6) is 0. The van der Waals surface area contributed by atoms with E-state index in [2.05, 4.69) is 78.2 Å². The highest BCUT2D eigenvalue weighted by atomic mass is 15.0. The molecule has 1 saturated carbocycles. The van der Waals surface area contributed by atoms with Crippen LogP contribution in [0.25, 0.3) is 10.8 Å². The van der Waals surface area contributed by atoms with Crippen molar-refractivity contribution in [2.24, 2.45) is 0 Å². The minimum atomic E-state index is 0.618. The fourth-order valence-electron chi connectivity index (χ4n) is 3.94. The standard InChI is InChI=1S/C24H28N2/c1-18-11-14-23(26-22-9-3-2-4-10-22)24(15-18)25-17-19-12-13-20-7-5-6-8-21(20)16-19/h5-8,11-16,22,25-26H,2-4,9-10,17H2,1H3. The quantitative estimate of drug-likeness (QED) is 0.551. The molecule has 134 valence electrons. The van der Waals surface area contributed by atoms with Gasteiger partial charge in [-0.1, -0.05) is 61.7 Å². The Morgan fingerprint density at radius 3 is 2.46 bits per heavy atom. The number of anilines is 2. The van der Waals surface area contributed by atoms with E-state index in [1.165, 1.54) is 65.4 Å². The molecule has 2 nitrogen and oxygen atoms in total. The summed E-state index contributed by atoms with van der Waals surface area (Å²) in [6.45, 7) is 3.00. The van der Waals surface area contributed by atoms with Gasteiger partial charge in [-0.15, -0.1) is 0 Å². The second-order valence-corrected chi connectivity index (χ2v) is 7.56. The minimum absolute atomic E-state index is 0.618. The molecule has 0 atom stereocenters. The minimum Gasteiger partial charge on any atom is -0.381 e. The Bertz CT molecular complexity index is 878. The lowest BCUT2D eigenvalue weighted by atomic mass is 9.95. The summed E-state index contributed by atoms with van der Waals surface area (Å²) in [6.07, 6.45) is 6.67. The summed E-state index contributed by atoms with van der Waals surface area (Å²) < 4.78 is 0. The van der Waals surface area contributed by atoms with Crippen LogP contribution in [0, 0.1) is 6.92 Å². The normalized spacial score (nSPS) is 15.1. The van der Waals surface area contributed by atoms with E-state index >= 15 is 0 Å². The van der Waals surface area contributed by atoms with Crippen molar-refractivity contribution in [3.8, 4) is 0 Å². The first-order valence-corrected chi connectivity index (χ1v) is 9.87. The van der Waals surface area contributed by atoms with Crippen LogP contribution >= 0.6 is 0 Å². The largest absolute Gasteiger partial charge is 0.381 e. The molecule has 0 spiro atoms. The van der Waals surface area contributed by atoms with E-state index in [0.29, 0.717) is 6.04 Å². The number of rotatable bonds is 5. The molecule has 0 saturated heterocycles. The number of fused-ring (bicyclic) bond motifs is 1. The van der Waals surface area contributed by atoms with E-state index in [4.69, 9.17) is 0 Å². The summed E-state index contributed by atoms with van der Waals surface area (Å²) in [6, 6.07) is 22.6. The average Bonchev–Trinajstić information content (AvgIpc) is 2.69. The predicted molar refractivity (Wildman–Crippen MR) is 113 cm³/mol. The zero-order valence-electron chi connectivity index (χ0n) is 15.6. The van der Waals surface area contributed by atoms with Crippen LogP contribution in [0.3, 0.4) is 0 Å². The van der Waals surface area contributed by atoms with Gasteiger partial charge >= 0.3 is 0 Å². The molecule has 0 aliphatic heterocycles. The second-order valence-electron chi connectivity index (χ2n) is 7.56. The topological polar surface area (TPSA) is 24.1 Å². The van der Waals surface area contributed by atoms with Crippen LogP contribution in [-0.2, 0) is 6.54 Å². The predicted octanol–water partition coefficient (Wildman–Crippen LogP) is 6.50. The van der Waals surface area contributed by atoms with Crippen molar-refractivity contribution in [2.75, 3.05) is 10.6 Å². The van der Waals surface area contributed by atoms with E-state index in [1.54, 1.807) is 0 Å². The van der Waals surface area contributed by atoms with Gasteiger partial charge in [0, 0.05) is 12.6 Å². The lowest BCUT2D eigenvalue weighted by Gasteiger charge is -2.25. The molecule has 0 aromatic heterocycles. The first-order chi connectivity index (χ1) is 12.8. The third kappa shape index (κ3) is 4.01. The van der Waals surface area contributed by atoms with Crippen LogP contribution in [0.1, 0.15) is 43.2 Å². The molecular formula is C24H28N2. The fourth-order valence-corrected chi connectivity index (χ4v) is 3.94. The highest BCUT2D eigenvalue weighted by molar-refractivity contribution is 5.83. The molecule has 0 unspecified atom stereocenters. The van der Waals surface area contributed by atoms with Crippen molar-refractivity contribution in [3.05, 3.63) is 71.8 Å². The molecule has 0 radical (unpaired) electrons. The Hall–Kier alpha value is -2.48. The van der Waals surface area contributed by atoms with Gasteiger partial charge in [-0.05, 0) is 59.9 Å². The van der Waals surface area contributed by atoms with E-state index in [1.807, 2.05) is 0 Å². The van der Waals surface area contributed by atoms with Crippen LogP contribution in [0.15, 0.2) is 60.7 Å². The Kier molecular flexibility index (Phi) is 5.10. The molecule has 1 aliphatic rings. The highest BCUT2D eigenvalue weighted by Crippen LogP contribution is 2.28. The number of hydrogen-bond donors (Lipinski definition) is 2. The molecule has 4 rings (SSSR count). The number of benzene rings is 3. The summed E-state index contributed by atoms with van der Waals surface area (Å²) in [5.41, 5.74) is 5.06. The molecule has 1 fully saturated rings. The van der Waals surface area contributed by atoms with Crippen LogP contribution < -0.4 is 10.6 Å². The van der Waals surface area contributed by atoms with Crippen LogP contribution in [0.4, 0.5) is 11.4 Å². The summed E-state index contributed by atoms with van der Waals surface area (Å²) in [5, 5.41) is 10.0. The monoisotopic (exact) mass is 344 g/mol. The van der Waals surface area contributed by atoms with Crippen molar-refractivity contribution in [1.82, 2.24) is 0 Å². The van der Waals surface area contributed by atoms with E-state index in [-0.39, 0.29) is 0 Å². The van der Waals surface area contributed by atoms with Gasteiger partial charge in [0.05, 0.1) is 11.4 Å². The first-order valence-electron chi connectivity index (χ1n) is 9.87. The van der Waals surface area contributed by atoms with Gasteiger partial charge in [0.1, 0.15) is 0 Å². The number of aryl methyl sites for hydroxylation is 1. The maximum absolute atomic E-state index is 3.78. The molecule has 3 aromatic rings. The molecule has 0 bridgehead atoms. The van der Waals surface area contributed by atoms with Crippen molar-refractivity contribution in [1.29, 1.82) is 0 Å². The second kappa shape index (κ2) is 7.82. The SMILES string of the molecule is Cc1ccc(NC2CCCCC2)c(NCc2ccc3ccccc3c2)c1. The Morgan fingerprint density at radius 2 is 1.62 bits per heavy atom. The zero-order valence-corrected chi connectivity index (χ0v) is 15.6. The van der Waals surface area contributed by atoms with Crippen molar-refractivity contribution in [3.63, 3.8) is 0 Å². The summed E-state index contributed by atoms with van der Waals surface area (Å²) >= 11 is 0. The van der Waals surface area contributed by atoms with E-state index in [0.717, 1.165) is 6.54 Å².